The second kappa shape index (κ2) is 37.2. The zero-order valence-electron chi connectivity index (χ0n) is 65.2. The number of likely N-dealkylation sites (N-methyl/N-ethyl adjacent to an activating group) is 7. The Kier molecular flexibility index (Phi) is 31.1. The Bertz CT molecular complexity index is 3140. The van der Waals surface area contributed by atoms with Gasteiger partial charge in [0.2, 0.25) is 70.9 Å². The van der Waals surface area contributed by atoms with E-state index in [4.69, 9.17) is 27.9 Å². The van der Waals surface area contributed by atoms with Crippen molar-refractivity contribution in [2.45, 2.75) is 268 Å². The molecule has 0 aromatic rings. The van der Waals surface area contributed by atoms with Crippen LogP contribution in [0.3, 0.4) is 0 Å². The molecule has 30 heteroatoms. The molecule has 1 spiro atoms. The normalized spacial score (nSPS) is 31.4. The van der Waals surface area contributed by atoms with Crippen LogP contribution in [0, 0.1) is 34.5 Å². The Morgan fingerprint density at radius 2 is 1.30 bits per heavy atom. The van der Waals surface area contributed by atoms with Gasteiger partial charge >= 0.3 is 6.18 Å². The number of halogens is 5. The van der Waals surface area contributed by atoms with Crippen LogP contribution in [0.15, 0.2) is 12.2 Å². The first-order valence-corrected chi connectivity index (χ1v) is 38.7. The molecule has 3 N–H and O–H groups in total. The molecule has 6 aliphatic rings. The lowest BCUT2D eigenvalue weighted by Crippen LogP contribution is -2.71. The molecule has 105 heavy (non-hydrogen) atoms. The van der Waals surface area contributed by atoms with Gasteiger partial charge in [0, 0.05) is 87.9 Å². The molecule has 2 bridgehead atoms. The van der Waals surface area contributed by atoms with Crippen molar-refractivity contribution in [3.05, 3.63) is 12.2 Å². The Labute approximate surface area is 630 Å². The monoisotopic (exact) mass is 1520 g/mol. The zero-order chi connectivity index (χ0) is 78.7. The van der Waals surface area contributed by atoms with Crippen LogP contribution in [-0.4, -0.2) is 281 Å². The first kappa shape index (κ1) is 87.6. The number of hydrogen-bond acceptors (Lipinski definition) is 13. The molecule has 0 aromatic carbocycles. The SMILES string of the molecule is CCC[C@H]1C(=O)N[C@@H]([C@@H](C)CC)C(=O)N(C)CC(=O)N(C)[C@H]2C/C=C\CCN(C2=O)[C@@H](CC2CCC(C(F)(F)F)CC2)C(=O)N(C)CC(=O)N[C@@H](CCC2CCC(Cl)C(Cl)C2)C(=O)N2C[C@H](OCC)C[C@H]2C(=O)NC2(CC(C)(C)C2)C(=O)N(C)[C@@H](CC(C)(C)C)C(=O)N(C)[C@H](C(=O)N(C)C)CC(=O)N1C. The van der Waals surface area contributed by atoms with E-state index in [2.05, 4.69) is 16.0 Å². The van der Waals surface area contributed by atoms with Crippen molar-refractivity contribution in [1.82, 2.24) is 60.0 Å². The van der Waals surface area contributed by atoms with Crippen LogP contribution in [0.1, 0.15) is 191 Å². The predicted octanol–water partition coefficient (Wildman–Crippen LogP) is 6.74. The van der Waals surface area contributed by atoms with Crippen LogP contribution in [0.4, 0.5) is 13.2 Å². The maximum absolute atomic E-state index is 15.7. The molecule has 3 unspecified atom stereocenters. The molecule has 3 aliphatic heterocycles. The number of nitrogens with one attached hydrogen (secondary N) is 3. The zero-order valence-corrected chi connectivity index (χ0v) is 66.7. The van der Waals surface area contributed by atoms with E-state index in [1.54, 1.807) is 32.9 Å². The molecule has 6 rings (SSSR count). The molecule has 5 fully saturated rings. The van der Waals surface area contributed by atoms with Gasteiger partial charge in [-0.05, 0) is 138 Å². The third-order valence-corrected chi connectivity index (χ3v) is 23.8. The highest BCUT2D eigenvalue weighted by Crippen LogP contribution is 2.50. The van der Waals surface area contributed by atoms with Gasteiger partial charge in [-0.25, -0.2) is 0 Å². The minimum absolute atomic E-state index is 0.0140. The van der Waals surface area contributed by atoms with Gasteiger partial charge in [0.05, 0.1) is 36.9 Å². The van der Waals surface area contributed by atoms with Gasteiger partial charge in [0.25, 0.3) is 0 Å². The van der Waals surface area contributed by atoms with Crippen LogP contribution in [0.5, 0.6) is 0 Å². The summed E-state index contributed by atoms with van der Waals surface area (Å²) in [6.45, 7) is 15.4. The van der Waals surface area contributed by atoms with E-state index in [-0.39, 0.29) is 120 Å². The minimum Gasteiger partial charge on any atom is -0.377 e. The number of amides is 12. The summed E-state index contributed by atoms with van der Waals surface area (Å²) in [5, 5.41) is 8.19. The summed E-state index contributed by atoms with van der Waals surface area (Å²) in [6.07, 6.45) is 0.900. The summed E-state index contributed by atoms with van der Waals surface area (Å²) >= 11 is 13.3. The van der Waals surface area contributed by atoms with Crippen molar-refractivity contribution in [2.24, 2.45) is 34.5 Å². The first-order valence-electron chi connectivity index (χ1n) is 37.8. The van der Waals surface area contributed by atoms with Crippen LogP contribution >= 0.6 is 23.2 Å². The molecule has 3 heterocycles. The van der Waals surface area contributed by atoms with Crippen molar-refractivity contribution in [1.29, 1.82) is 0 Å². The number of carbonyl (C=O) groups is 12. The van der Waals surface area contributed by atoms with E-state index >= 15 is 28.8 Å². The van der Waals surface area contributed by atoms with E-state index in [1.807, 2.05) is 41.5 Å². The summed E-state index contributed by atoms with van der Waals surface area (Å²) in [7, 11) is 11.3. The molecule has 0 radical (unpaired) electrons. The Hall–Kier alpha value is -6.29. The molecule has 25 nitrogen and oxygen atoms in total. The van der Waals surface area contributed by atoms with Crippen LogP contribution < -0.4 is 16.0 Å². The predicted molar refractivity (Wildman–Crippen MR) is 392 cm³/mol. The van der Waals surface area contributed by atoms with Gasteiger partial charge in [-0.1, -0.05) is 80.4 Å². The molecule has 2 saturated heterocycles. The largest absolute Gasteiger partial charge is 0.391 e. The number of nitrogens with zero attached hydrogens (tertiary/aromatic N) is 9. The number of hydrogen-bond donors (Lipinski definition) is 3. The third kappa shape index (κ3) is 22.4. The molecule has 13 atom stereocenters. The van der Waals surface area contributed by atoms with E-state index in [9.17, 15) is 41.9 Å². The second-order valence-corrected chi connectivity index (χ2v) is 34.2. The highest BCUT2D eigenvalue weighted by molar-refractivity contribution is 6.30. The van der Waals surface area contributed by atoms with Gasteiger partial charge in [-0.15, -0.1) is 23.2 Å². The third-order valence-electron chi connectivity index (χ3n) is 22.7. The average Bonchev–Trinajstić information content (AvgIpc) is 1.35. The standard InChI is InChI=1S/C75H121Cl2F3N12O13/c1-18-24-53-63(96)82-62(45(4)19-2)70(103)86(13)42-61(95)88(15)54-25-22-21-23-34-91(69(54)102)57(36-47-26-30-48(31-27-47)75(78,79)80)67(100)85(12)41-59(93)81-52(33-29-46-28-32-50(76)51(77)35-46)65(98)92-40-49(105-20-3)37-55(92)64(97)83-74(43-73(8,9)44-74)71(104)90(17)58(39-72(5,6)7)68(101)89(16)56(66(99)84(10)11)38-60(94)87(53)14/h21-22,45-58,62H,18-20,23-44H2,1-17H3,(H,81,93)(H,82,96)(H,83,97)/b22-21-/t45-,46?,47?,48?,49+,50?,51?,52-,53-,54-,55-,56-,57-,58-,62-/m0/s1. The molecule has 3 aliphatic carbocycles. The topological polar surface area (TPSA) is 279 Å². The maximum atomic E-state index is 15.7. The number of alkyl halides is 5. The fourth-order valence-electron chi connectivity index (χ4n) is 16.4. The van der Waals surface area contributed by atoms with E-state index in [1.165, 1.54) is 85.8 Å². The fraction of sp³-hybridized carbons (Fsp3) is 0.813. The van der Waals surface area contributed by atoms with Gasteiger partial charge in [0.1, 0.15) is 53.9 Å². The van der Waals surface area contributed by atoms with Crippen molar-refractivity contribution in [3.8, 4) is 0 Å². The number of carbonyl (C=O) groups excluding carboxylic acids is 12. The second-order valence-electron chi connectivity index (χ2n) is 33.0. The summed E-state index contributed by atoms with van der Waals surface area (Å²) in [4.78, 5) is 192. The first-order chi connectivity index (χ1) is 48.9. The highest BCUT2D eigenvalue weighted by Gasteiger charge is 2.59. The lowest BCUT2D eigenvalue weighted by atomic mass is 9.58. The van der Waals surface area contributed by atoms with Crippen LogP contribution in [0.25, 0.3) is 0 Å². The molecule has 594 valence electrons. The number of ether oxygens (including phenoxy) is 1. The lowest BCUT2D eigenvalue weighted by molar-refractivity contribution is -0.184. The number of fused-ring (bicyclic) bond motifs is 3. The quantitative estimate of drug-likeness (QED) is 0.127. The Morgan fingerprint density at radius 1 is 0.667 bits per heavy atom. The smallest absolute Gasteiger partial charge is 0.377 e. The van der Waals surface area contributed by atoms with Crippen molar-refractivity contribution >= 4 is 94.1 Å². The average molecular weight is 1530 g/mol. The molecule has 0 aromatic heterocycles. The van der Waals surface area contributed by atoms with Crippen molar-refractivity contribution in [3.63, 3.8) is 0 Å². The number of rotatable bonds is 13. The molecular formula is C75H121Cl2F3N12O13. The summed E-state index contributed by atoms with van der Waals surface area (Å²) in [5.41, 5.74) is -2.82. The van der Waals surface area contributed by atoms with Gasteiger partial charge in [-0.3, -0.25) is 57.5 Å². The minimum atomic E-state index is -4.44. The van der Waals surface area contributed by atoms with Crippen molar-refractivity contribution in [2.75, 3.05) is 89.2 Å². The van der Waals surface area contributed by atoms with Crippen LogP contribution in [0.2, 0.25) is 0 Å². The Morgan fingerprint density at radius 3 is 1.87 bits per heavy atom. The van der Waals surface area contributed by atoms with E-state index in [0.29, 0.717) is 38.5 Å². The van der Waals surface area contributed by atoms with Crippen LogP contribution in [-0.2, 0) is 62.3 Å². The Balaban J connectivity index is 1.49. The fourth-order valence-corrected chi connectivity index (χ4v) is 17.0. The highest BCUT2D eigenvalue weighted by atomic mass is 35.5. The summed E-state index contributed by atoms with van der Waals surface area (Å²) in [6, 6.07) is -10.5. The molecule has 3 saturated carbocycles. The van der Waals surface area contributed by atoms with E-state index < -0.39 is 185 Å². The molecule has 12 amide bonds. The molecular weight excluding hydrogens is 1400 g/mol. The van der Waals surface area contributed by atoms with Crippen molar-refractivity contribution < 1.29 is 75.4 Å². The summed E-state index contributed by atoms with van der Waals surface area (Å²) in [5.74, 6) is -10.9. The van der Waals surface area contributed by atoms with E-state index in [0.717, 1.165) is 14.7 Å². The lowest BCUT2D eigenvalue weighted by Gasteiger charge is -2.54. The van der Waals surface area contributed by atoms with Gasteiger partial charge in [0.15, 0.2) is 0 Å². The van der Waals surface area contributed by atoms with Gasteiger partial charge < -0.3 is 64.8 Å². The summed E-state index contributed by atoms with van der Waals surface area (Å²) < 4.78 is 48.5. The maximum Gasteiger partial charge on any atom is 0.391 e. The van der Waals surface area contributed by atoms with Gasteiger partial charge in [-0.2, -0.15) is 13.2 Å².